The van der Waals surface area contributed by atoms with Crippen LogP contribution in [0.25, 0.3) is 0 Å². The number of aliphatic hydroxyl groups is 1. The van der Waals surface area contributed by atoms with E-state index in [0.717, 1.165) is 24.6 Å². The fourth-order valence-electron chi connectivity index (χ4n) is 1.20. The minimum atomic E-state index is 0.191. The van der Waals surface area contributed by atoms with E-state index in [1.165, 1.54) is 0 Å². The van der Waals surface area contributed by atoms with Crippen LogP contribution in [0.2, 0.25) is 0 Å². The molecule has 0 aliphatic carbocycles. The third-order valence-electron chi connectivity index (χ3n) is 2.43. The molecule has 0 atom stereocenters. The molecule has 0 aliphatic heterocycles. The maximum atomic E-state index is 8.68. The van der Waals surface area contributed by atoms with Crippen LogP contribution in [-0.4, -0.2) is 41.3 Å². The second-order valence-corrected chi connectivity index (χ2v) is 3.97. The highest BCUT2D eigenvalue weighted by atomic mass is 16.3. The topological polar surface area (TPSA) is 61.3 Å². The van der Waals surface area contributed by atoms with Crippen LogP contribution in [-0.2, 0) is 0 Å². The van der Waals surface area contributed by atoms with Gasteiger partial charge in [-0.25, -0.2) is 9.97 Å². The van der Waals surface area contributed by atoms with Crippen LogP contribution in [0.4, 0.5) is 11.6 Å². The van der Waals surface area contributed by atoms with Gasteiger partial charge >= 0.3 is 0 Å². The molecule has 2 N–H and O–H groups in total. The van der Waals surface area contributed by atoms with E-state index in [1.807, 2.05) is 13.1 Å². The summed E-state index contributed by atoms with van der Waals surface area (Å²) in [6, 6.07) is 2.32. The molecule has 0 aromatic carbocycles. The molecule has 0 saturated heterocycles. The SMILES string of the molecule is CC(C)N(C)c1cc(NCCCO)ncn1. The van der Waals surface area contributed by atoms with E-state index in [1.54, 1.807) is 6.33 Å². The second-order valence-electron chi connectivity index (χ2n) is 3.97. The quantitative estimate of drug-likeness (QED) is 0.709. The van der Waals surface area contributed by atoms with Crippen LogP contribution in [0.3, 0.4) is 0 Å². The summed E-state index contributed by atoms with van der Waals surface area (Å²) < 4.78 is 0. The highest BCUT2D eigenvalue weighted by Crippen LogP contribution is 2.14. The zero-order valence-electron chi connectivity index (χ0n) is 10.1. The van der Waals surface area contributed by atoms with E-state index in [-0.39, 0.29) is 6.61 Å². The Hall–Kier alpha value is -1.36. The molecule has 5 nitrogen and oxygen atoms in total. The third-order valence-corrected chi connectivity index (χ3v) is 2.43. The Balaban J connectivity index is 2.63. The molecule has 0 radical (unpaired) electrons. The standard InChI is InChI=1S/C11H20N4O/c1-9(2)15(3)11-7-10(13-8-14-11)12-5-4-6-16/h7-9,16H,4-6H2,1-3H3,(H,12,13,14). The van der Waals surface area contributed by atoms with E-state index in [0.29, 0.717) is 6.04 Å². The summed E-state index contributed by atoms with van der Waals surface area (Å²) in [6.45, 7) is 5.14. The van der Waals surface area contributed by atoms with Crippen molar-refractivity contribution in [1.29, 1.82) is 0 Å². The van der Waals surface area contributed by atoms with Gasteiger partial charge in [-0.3, -0.25) is 0 Å². The zero-order valence-corrected chi connectivity index (χ0v) is 10.1. The molecule has 0 saturated carbocycles. The van der Waals surface area contributed by atoms with Gasteiger partial charge in [0.25, 0.3) is 0 Å². The van der Waals surface area contributed by atoms with Crippen molar-refractivity contribution in [2.24, 2.45) is 0 Å². The molecule has 0 spiro atoms. The smallest absolute Gasteiger partial charge is 0.134 e. The summed E-state index contributed by atoms with van der Waals surface area (Å²) in [7, 11) is 2.00. The van der Waals surface area contributed by atoms with E-state index in [4.69, 9.17) is 5.11 Å². The summed E-state index contributed by atoms with van der Waals surface area (Å²) in [6.07, 6.45) is 2.27. The zero-order chi connectivity index (χ0) is 12.0. The lowest BCUT2D eigenvalue weighted by Crippen LogP contribution is -2.26. The fraction of sp³-hybridized carbons (Fsp3) is 0.636. The van der Waals surface area contributed by atoms with Crippen molar-refractivity contribution in [2.75, 3.05) is 30.4 Å². The molecule has 0 amide bonds. The van der Waals surface area contributed by atoms with E-state index in [2.05, 4.69) is 34.0 Å². The molecule has 0 unspecified atom stereocenters. The van der Waals surface area contributed by atoms with Gasteiger partial charge in [0.15, 0.2) is 0 Å². The number of hydrogen-bond donors (Lipinski definition) is 2. The van der Waals surface area contributed by atoms with Crippen molar-refractivity contribution < 1.29 is 5.11 Å². The Labute approximate surface area is 96.5 Å². The van der Waals surface area contributed by atoms with Crippen molar-refractivity contribution in [3.63, 3.8) is 0 Å². The van der Waals surface area contributed by atoms with Gasteiger partial charge in [0.05, 0.1) is 0 Å². The lowest BCUT2D eigenvalue weighted by atomic mass is 10.3. The number of anilines is 2. The molecule has 1 aromatic heterocycles. The molecule has 5 heteroatoms. The number of hydrogen-bond acceptors (Lipinski definition) is 5. The second kappa shape index (κ2) is 6.27. The normalized spacial score (nSPS) is 10.6. The summed E-state index contributed by atoms with van der Waals surface area (Å²) in [5.41, 5.74) is 0. The number of nitrogens with one attached hydrogen (secondary N) is 1. The molecule has 16 heavy (non-hydrogen) atoms. The lowest BCUT2D eigenvalue weighted by Gasteiger charge is -2.22. The van der Waals surface area contributed by atoms with Crippen molar-refractivity contribution in [2.45, 2.75) is 26.3 Å². The molecular formula is C11H20N4O. The average molecular weight is 224 g/mol. The third kappa shape index (κ3) is 3.66. The van der Waals surface area contributed by atoms with Gasteiger partial charge in [0.1, 0.15) is 18.0 Å². The molecular weight excluding hydrogens is 204 g/mol. The maximum absolute atomic E-state index is 8.68. The molecule has 0 bridgehead atoms. The van der Waals surface area contributed by atoms with Crippen LogP contribution < -0.4 is 10.2 Å². The first-order valence-electron chi connectivity index (χ1n) is 5.54. The molecule has 0 fully saturated rings. The maximum Gasteiger partial charge on any atom is 0.134 e. The first-order valence-corrected chi connectivity index (χ1v) is 5.54. The van der Waals surface area contributed by atoms with Gasteiger partial charge in [-0.1, -0.05) is 0 Å². The highest BCUT2D eigenvalue weighted by Gasteiger charge is 2.06. The minimum absolute atomic E-state index is 0.191. The molecule has 1 rings (SSSR count). The number of nitrogens with zero attached hydrogens (tertiary/aromatic N) is 3. The van der Waals surface area contributed by atoms with Crippen molar-refractivity contribution in [3.8, 4) is 0 Å². The predicted octanol–water partition coefficient (Wildman–Crippen LogP) is 1.12. The summed E-state index contributed by atoms with van der Waals surface area (Å²) in [4.78, 5) is 10.4. The van der Waals surface area contributed by atoms with Crippen LogP contribution in [0.1, 0.15) is 20.3 Å². The van der Waals surface area contributed by atoms with Crippen molar-refractivity contribution >= 4 is 11.6 Å². The number of aliphatic hydroxyl groups excluding tert-OH is 1. The fourth-order valence-corrected chi connectivity index (χ4v) is 1.20. The Kier molecular flexibility index (Phi) is 4.98. The Bertz CT molecular complexity index is 317. The summed E-state index contributed by atoms with van der Waals surface area (Å²) in [5, 5.41) is 11.8. The van der Waals surface area contributed by atoms with E-state index >= 15 is 0 Å². The number of aromatic nitrogens is 2. The van der Waals surface area contributed by atoms with Crippen LogP contribution in [0, 0.1) is 0 Å². The van der Waals surface area contributed by atoms with Crippen LogP contribution >= 0.6 is 0 Å². The first kappa shape index (κ1) is 12.7. The first-order chi connectivity index (χ1) is 7.65. The van der Waals surface area contributed by atoms with Gasteiger partial charge in [-0.2, -0.15) is 0 Å². The van der Waals surface area contributed by atoms with Crippen molar-refractivity contribution in [3.05, 3.63) is 12.4 Å². The largest absolute Gasteiger partial charge is 0.396 e. The summed E-state index contributed by atoms with van der Waals surface area (Å²) in [5.74, 6) is 1.70. The monoisotopic (exact) mass is 224 g/mol. The average Bonchev–Trinajstić information content (AvgIpc) is 2.29. The van der Waals surface area contributed by atoms with Gasteiger partial charge < -0.3 is 15.3 Å². The molecule has 0 aliphatic rings. The van der Waals surface area contributed by atoms with Crippen molar-refractivity contribution in [1.82, 2.24) is 9.97 Å². The van der Waals surface area contributed by atoms with Crippen LogP contribution in [0.5, 0.6) is 0 Å². The molecule has 1 aromatic rings. The van der Waals surface area contributed by atoms with Gasteiger partial charge in [-0.05, 0) is 20.3 Å². The Morgan fingerprint density at radius 2 is 2.19 bits per heavy atom. The van der Waals surface area contributed by atoms with E-state index in [9.17, 15) is 0 Å². The predicted molar refractivity (Wildman–Crippen MR) is 65.8 cm³/mol. The Morgan fingerprint density at radius 3 is 2.81 bits per heavy atom. The number of rotatable bonds is 6. The molecule has 90 valence electrons. The minimum Gasteiger partial charge on any atom is -0.396 e. The van der Waals surface area contributed by atoms with Crippen LogP contribution in [0.15, 0.2) is 12.4 Å². The highest BCUT2D eigenvalue weighted by molar-refractivity contribution is 5.48. The lowest BCUT2D eigenvalue weighted by molar-refractivity contribution is 0.292. The van der Waals surface area contributed by atoms with Gasteiger partial charge in [-0.15, -0.1) is 0 Å². The molecule has 1 heterocycles. The van der Waals surface area contributed by atoms with E-state index < -0.39 is 0 Å². The van der Waals surface area contributed by atoms with Gasteiger partial charge in [0, 0.05) is 32.3 Å². The Morgan fingerprint density at radius 1 is 1.44 bits per heavy atom. The van der Waals surface area contributed by atoms with Gasteiger partial charge in [0.2, 0.25) is 0 Å². The summed E-state index contributed by atoms with van der Waals surface area (Å²) >= 11 is 0.